The van der Waals surface area contributed by atoms with Gasteiger partial charge in [-0.15, -0.1) is 0 Å². The van der Waals surface area contributed by atoms with Crippen LogP contribution in [0.15, 0.2) is 89.9 Å². The third-order valence-electron chi connectivity index (χ3n) is 8.38. The number of hydrogen-bond donors (Lipinski definition) is 7. The van der Waals surface area contributed by atoms with Crippen molar-refractivity contribution in [2.24, 2.45) is 28.1 Å². The first-order valence-corrected chi connectivity index (χ1v) is 17.9. The minimum atomic E-state index is -1.37. The van der Waals surface area contributed by atoms with Crippen molar-refractivity contribution in [3.8, 4) is 0 Å². The van der Waals surface area contributed by atoms with Gasteiger partial charge in [0.1, 0.15) is 30.0 Å². The Bertz CT molecular complexity index is 1870. The smallest absolute Gasteiger partial charge is 0.269 e. The number of aliphatic imine (C=N–C) groups is 1. The van der Waals surface area contributed by atoms with E-state index in [1.807, 2.05) is 19.9 Å². The molecule has 10 N–H and O–H groups in total. The van der Waals surface area contributed by atoms with Gasteiger partial charge in [-0.1, -0.05) is 68.4 Å². The van der Waals surface area contributed by atoms with Crippen LogP contribution in [0.3, 0.4) is 0 Å². The van der Waals surface area contributed by atoms with Crippen LogP contribution in [0.5, 0.6) is 0 Å². The number of primary amides is 1. The van der Waals surface area contributed by atoms with Gasteiger partial charge in [-0.25, -0.2) is 4.39 Å². The lowest BCUT2D eigenvalue weighted by atomic mass is 9.99. The summed E-state index contributed by atoms with van der Waals surface area (Å²) < 4.78 is 13.7. The quantitative estimate of drug-likeness (QED) is 0.0207. The minimum Gasteiger partial charge on any atom is -0.370 e. The summed E-state index contributed by atoms with van der Waals surface area (Å²) in [5.74, 6) is -4.47. The van der Waals surface area contributed by atoms with Crippen LogP contribution in [0.4, 0.5) is 10.1 Å². The minimum absolute atomic E-state index is 0.0844. The molecule has 4 atom stereocenters. The van der Waals surface area contributed by atoms with Crippen molar-refractivity contribution >= 4 is 47.3 Å². The monoisotopic (exact) mass is 773 g/mol. The standard InChI is InChI=1S/C39H48FN9O7/c1-24(2)21-31(36(52)46-30(35(41)51)9-6-20-44-39(42)43)47-38(54)33(23-27-12-17-29(18-13-27)49(55)56)48-37(53)32(22-26-10-15-28(40)16-11-26)45-34(50)19-14-25-7-4-3-5-8-25/h3-5,7-8,10-19,24,30-33H,6,9,20-23H2,1-2H3,(H2,41,51)(H,45,50)(H,46,52)(H,47,54)(H,48,53)(H4,42,43,44)/b19-14+/t30-,31-,32-,33-/m0/s1. The molecule has 3 rings (SSSR count). The second kappa shape index (κ2) is 21.9. The van der Waals surface area contributed by atoms with Crippen molar-refractivity contribution in [1.29, 1.82) is 0 Å². The lowest BCUT2D eigenvalue weighted by molar-refractivity contribution is -0.384. The number of hydrogen-bond acceptors (Lipinski definition) is 8. The molecule has 0 saturated carbocycles. The van der Waals surface area contributed by atoms with E-state index in [1.165, 1.54) is 54.6 Å². The molecule has 17 heteroatoms. The highest BCUT2D eigenvalue weighted by molar-refractivity contribution is 5.98. The van der Waals surface area contributed by atoms with E-state index < -0.39 is 64.4 Å². The number of rotatable bonds is 21. The molecule has 0 aromatic heterocycles. The largest absolute Gasteiger partial charge is 0.370 e. The molecule has 56 heavy (non-hydrogen) atoms. The fourth-order valence-corrected chi connectivity index (χ4v) is 5.53. The number of amides is 5. The van der Waals surface area contributed by atoms with Crippen LogP contribution in [-0.2, 0) is 36.8 Å². The molecule has 5 amide bonds. The van der Waals surface area contributed by atoms with Gasteiger partial charge in [-0.05, 0) is 60.1 Å². The van der Waals surface area contributed by atoms with E-state index in [0.717, 1.165) is 5.56 Å². The number of nitrogens with two attached hydrogens (primary N) is 3. The fraction of sp³-hybridized carbons (Fsp3) is 0.333. The molecule has 16 nitrogen and oxygen atoms in total. The molecule has 298 valence electrons. The van der Waals surface area contributed by atoms with Gasteiger partial charge in [0, 0.05) is 37.6 Å². The van der Waals surface area contributed by atoms with Crippen LogP contribution < -0.4 is 38.5 Å². The molecule has 0 aliphatic rings. The highest BCUT2D eigenvalue weighted by Crippen LogP contribution is 2.15. The summed E-state index contributed by atoms with van der Waals surface area (Å²) in [7, 11) is 0. The number of carbonyl (C=O) groups is 5. The Hall–Kier alpha value is -6.65. The lowest BCUT2D eigenvalue weighted by Gasteiger charge is -2.27. The molecule has 3 aromatic rings. The van der Waals surface area contributed by atoms with Crippen molar-refractivity contribution in [3.05, 3.63) is 118 Å². The normalized spacial score (nSPS) is 13.1. The Labute approximate surface area is 323 Å². The van der Waals surface area contributed by atoms with E-state index >= 15 is 0 Å². The topological polar surface area (TPSA) is 267 Å². The highest BCUT2D eigenvalue weighted by atomic mass is 19.1. The van der Waals surface area contributed by atoms with E-state index in [4.69, 9.17) is 17.2 Å². The second-order valence-electron chi connectivity index (χ2n) is 13.4. The van der Waals surface area contributed by atoms with E-state index in [2.05, 4.69) is 26.3 Å². The number of non-ortho nitro benzene ring substituents is 1. The number of halogens is 1. The van der Waals surface area contributed by atoms with Gasteiger partial charge in [0.25, 0.3) is 5.69 Å². The number of nitrogens with zero attached hydrogens (tertiary/aromatic N) is 2. The van der Waals surface area contributed by atoms with E-state index in [-0.39, 0.29) is 49.8 Å². The Morgan fingerprint density at radius 3 is 1.80 bits per heavy atom. The molecule has 0 radical (unpaired) electrons. The zero-order valence-corrected chi connectivity index (χ0v) is 31.2. The molecule has 0 spiro atoms. The molecule has 0 heterocycles. The molecule has 0 unspecified atom stereocenters. The number of nitrogens with one attached hydrogen (secondary N) is 4. The lowest BCUT2D eigenvalue weighted by Crippen LogP contribution is -2.59. The maximum Gasteiger partial charge on any atom is 0.269 e. The summed E-state index contributed by atoms with van der Waals surface area (Å²) in [6, 6.07) is 14.7. The van der Waals surface area contributed by atoms with Crippen LogP contribution in [0.2, 0.25) is 0 Å². The first-order chi connectivity index (χ1) is 26.6. The Morgan fingerprint density at radius 1 is 0.750 bits per heavy atom. The summed E-state index contributed by atoms with van der Waals surface area (Å²) in [6.45, 7) is 3.82. The average Bonchev–Trinajstić information content (AvgIpc) is 3.15. The Balaban J connectivity index is 1.91. The van der Waals surface area contributed by atoms with Crippen LogP contribution in [0.1, 0.15) is 49.8 Å². The third kappa shape index (κ3) is 15.4. The predicted molar refractivity (Wildman–Crippen MR) is 209 cm³/mol. The molecule has 0 bridgehead atoms. The van der Waals surface area contributed by atoms with Crippen LogP contribution in [0.25, 0.3) is 6.08 Å². The van der Waals surface area contributed by atoms with Crippen molar-refractivity contribution in [2.75, 3.05) is 6.54 Å². The first-order valence-electron chi connectivity index (χ1n) is 17.9. The zero-order chi connectivity index (χ0) is 41.2. The van der Waals surface area contributed by atoms with Gasteiger partial charge in [-0.3, -0.25) is 39.1 Å². The fourth-order valence-electron chi connectivity index (χ4n) is 5.53. The number of nitro benzene ring substituents is 1. The maximum absolute atomic E-state index is 14.1. The van der Waals surface area contributed by atoms with Crippen molar-refractivity contribution in [1.82, 2.24) is 21.3 Å². The summed E-state index contributed by atoms with van der Waals surface area (Å²) in [5, 5.41) is 21.9. The SMILES string of the molecule is CC(C)C[C@H](NC(=O)[C@H](Cc1ccc([N+](=O)[O-])cc1)NC(=O)[C@H](Cc1ccc(F)cc1)NC(=O)/C=C/c1ccccc1)C(=O)N[C@@H](CCCN=C(N)N)C(N)=O. The van der Waals surface area contributed by atoms with Gasteiger partial charge in [0.15, 0.2) is 5.96 Å². The molecule has 0 aliphatic heterocycles. The Kier molecular flexibility index (Phi) is 17.1. The summed E-state index contributed by atoms with van der Waals surface area (Å²) >= 11 is 0. The van der Waals surface area contributed by atoms with Gasteiger partial charge in [-0.2, -0.15) is 0 Å². The summed E-state index contributed by atoms with van der Waals surface area (Å²) in [6.07, 6.45) is 3.10. The Morgan fingerprint density at radius 2 is 1.27 bits per heavy atom. The van der Waals surface area contributed by atoms with Crippen molar-refractivity contribution in [2.45, 2.75) is 70.1 Å². The van der Waals surface area contributed by atoms with Crippen LogP contribution in [0, 0.1) is 21.8 Å². The number of benzene rings is 3. The van der Waals surface area contributed by atoms with Crippen LogP contribution >= 0.6 is 0 Å². The van der Waals surface area contributed by atoms with Crippen molar-refractivity contribution < 1.29 is 33.3 Å². The number of guanidine groups is 1. The molecular formula is C39H48FN9O7. The summed E-state index contributed by atoms with van der Waals surface area (Å²) in [5.41, 5.74) is 17.7. The molecular weight excluding hydrogens is 725 g/mol. The van der Waals surface area contributed by atoms with Gasteiger partial charge < -0.3 is 38.5 Å². The van der Waals surface area contributed by atoms with E-state index in [9.17, 15) is 38.5 Å². The average molecular weight is 774 g/mol. The molecule has 3 aromatic carbocycles. The molecule has 0 aliphatic carbocycles. The van der Waals surface area contributed by atoms with Crippen LogP contribution in [-0.4, -0.2) is 71.1 Å². The van der Waals surface area contributed by atoms with Gasteiger partial charge in [0.2, 0.25) is 29.5 Å². The highest BCUT2D eigenvalue weighted by Gasteiger charge is 2.32. The number of nitro groups is 1. The molecule has 0 saturated heterocycles. The van der Waals surface area contributed by atoms with Gasteiger partial charge in [0.05, 0.1) is 4.92 Å². The third-order valence-corrected chi connectivity index (χ3v) is 8.38. The molecule has 0 fully saturated rings. The maximum atomic E-state index is 14.1. The zero-order valence-electron chi connectivity index (χ0n) is 31.2. The van der Waals surface area contributed by atoms with E-state index in [0.29, 0.717) is 17.5 Å². The summed E-state index contributed by atoms with van der Waals surface area (Å²) in [4.78, 5) is 81.5. The second-order valence-corrected chi connectivity index (χ2v) is 13.4. The van der Waals surface area contributed by atoms with E-state index in [1.54, 1.807) is 30.3 Å². The first kappa shape index (κ1) is 43.8. The number of carbonyl (C=O) groups excluding carboxylic acids is 5. The van der Waals surface area contributed by atoms with Crippen molar-refractivity contribution in [3.63, 3.8) is 0 Å². The predicted octanol–water partition coefficient (Wildman–Crippen LogP) is 1.76. The van der Waals surface area contributed by atoms with Gasteiger partial charge >= 0.3 is 0 Å².